The van der Waals surface area contributed by atoms with Gasteiger partial charge in [-0.2, -0.15) is 5.26 Å². The first kappa shape index (κ1) is 16.3. The van der Waals surface area contributed by atoms with E-state index in [-0.39, 0.29) is 17.0 Å². The van der Waals surface area contributed by atoms with Gasteiger partial charge in [0.05, 0.1) is 11.5 Å². The van der Waals surface area contributed by atoms with Crippen molar-refractivity contribution in [3.05, 3.63) is 73.4 Å². The monoisotopic (exact) mass is 385 g/mol. The standard InChI is InChI=1S/C18H16BrN3O2/c1-2-3-12-8-14-16(18(23)22-12)15(13(9-20)17(21)24-14)10-4-6-11(19)7-5-10/h4-8,15H,2-3,21H2,1H3,(H,22,23). The molecule has 6 heteroatoms. The van der Waals surface area contributed by atoms with Crippen molar-refractivity contribution in [1.82, 2.24) is 4.98 Å². The number of aromatic amines is 1. The van der Waals surface area contributed by atoms with Gasteiger partial charge in [0.1, 0.15) is 17.4 Å². The molecule has 122 valence electrons. The first-order chi connectivity index (χ1) is 11.5. The van der Waals surface area contributed by atoms with Crippen LogP contribution in [0.5, 0.6) is 5.75 Å². The Morgan fingerprint density at radius 1 is 1.38 bits per heavy atom. The maximum Gasteiger partial charge on any atom is 0.256 e. The molecule has 3 rings (SSSR count). The van der Waals surface area contributed by atoms with Crippen molar-refractivity contribution in [2.75, 3.05) is 0 Å². The van der Waals surface area contributed by atoms with Crippen molar-refractivity contribution in [3.8, 4) is 11.8 Å². The summed E-state index contributed by atoms with van der Waals surface area (Å²) in [7, 11) is 0. The summed E-state index contributed by atoms with van der Waals surface area (Å²) in [6.45, 7) is 2.03. The minimum absolute atomic E-state index is 0.0472. The Hall–Kier alpha value is -2.52. The van der Waals surface area contributed by atoms with Gasteiger partial charge in [-0.1, -0.05) is 41.4 Å². The summed E-state index contributed by atoms with van der Waals surface area (Å²) >= 11 is 3.39. The zero-order valence-corrected chi connectivity index (χ0v) is 14.7. The summed E-state index contributed by atoms with van der Waals surface area (Å²) < 4.78 is 6.50. The molecular weight excluding hydrogens is 370 g/mol. The predicted molar refractivity (Wildman–Crippen MR) is 94.5 cm³/mol. The van der Waals surface area contributed by atoms with Crippen LogP contribution in [-0.4, -0.2) is 4.98 Å². The number of fused-ring (bicyclic) bond motifs is 1. The first-order valence-corrected chi connectivity index (χ1v) is 8.43. The molecule has 5 nitrogen and oxygen atoms in total. The molecule has 0 amide bonds. The zero-order chi connectivity index (χ0) is 17.3. The highest BCUT2D eigenvalue weighted by Gasteiger charge is 2.33. The number of benzene rings is 1. The summed E-state index contributed by atoms with van der Waals surface area (Å²) in [5.41, 5.74) is 7.98. The second-order valence-electron chi connectivity index (χ2n) is 5.63. The summed E-state index contributed by atoms with van der Waals surface area (Å²) in [4.78, 5) is 15.6. The third-order valence-corrected chi connectivity index (χ3v) is 4.52. The molecule has 0 aliphatic carbocycles. The number of aromatic nitrogens is 1. The van der Waals surface area contributed by atoms with Crippen molar-refractivity contribution in [3.63, 3.8) is 0 Å². The second-order valence-corrected chi connectivity index (χ2v) is 6.54. The van der Waals surface area contributed by atoms with Crippen LogP contribution in [0.25, 0.3) is 0 Å². The molecule has 0 spiro atoms. The number of hydrogen-bond acceptors (Lipinski definition) is 4. The zero-order valence-electron chi connectivity index (χ0n) is 13.1. The Kier molecular flexibility index (Phi) is 4.45. The Bertz CT molecular complexity index is 907. The molecule has 0 saturated carbocycles. The average Bonchev–Trinajstić information content (AvgIpc) is 2.54. The quantitative estimate of drug-likeness (QED) is 0.847. The summed E-state index contributed by atoms with van der Waals surface area (Å²) in [5.74, 6) is -0.0659. The highest BCUT2D eigenvalue weighted by Crippen LogP contribution is 2.40. The number of ether oxygens (including phenoxy) is 1. The minimum atomic E-state index is -0.536. The average molecular weight is 386 g/mol. The number of aryl methyl sites for hydroxylation is 1. The summed E-state index contributed by atoms with van der Waals surface area (Å²) in [6, 6.07) is 11.4. The number of nitriles is 1. The van der Waals surface area contributed by atoms with Crippen molar-refractivity contribution in [1.29, 1.82) is 5.26 Å². The van der Waals surface area contributed by atoms with Crippen LogP contribution in [0.15, 0.2) is 51.1 Å². The second kappa shape index (κ2) is 6.54. The van der Waals surface area contributed by atoms with E-state index in [1.807, 2.05) is 31.2 Å². The van der Waals surface area contributed by atoms with E-state index in [1.165, 1.54) is 0 Å². The molecule has 1 aromatic heterocycles. The lowest BCUT2D eigenvalue weighted by Gasteiger charge is -2.26. The molecule has 0 fully saturated rings. The van der Waals surface area contributed by atoms with E-state index >= 15 is 0 Å². The number of hydrogen-bond donors (Lipinski definition) is 2. The predicted octanol–water partition coefficient (Wildman–Crippen LogP) is 3.31. The van der Waals surface area contributed by atoms with Gasteiger partial charge in [0.15, 0.2) is 0 Å². The number of H-pyrrole nitrogens is 1. The van der Waals surface area contributed by atoms with E-state index in [0.717, 1.165) is 28.6 Å². The van der Waals surface area contributed by atoms with Gasteiger partial charge in [-0.3, -0.25) is 4.79 Å². The molecule has 1 aliphatic heterocycles. The Balaban J connectivity index is 2.23. The SMILES string of the molecule is CCCc1cc2c(c(=O)[nH]1)C(c1ccc(Br)cc1)C(C#N)=C(N)O2. The van der Waals surface area contributed by atoms with Gasteiger partial charge in [-0.25, -0.2) is 0 Å². The van der Waals surface area contributed by atoms with Crippen LogP contribution in [0.3, 0.4) is 0 Å². The molecule has 24 heavy (non-hydrogen) atoms. The van der Waals surface area contributed by atoms with Gasteiger partial charge in [-0.15, -0.1) is 0 Å². The van der Waals surface area contributed by atoms with Crippen LogP contribution in [0, 0.1) is 11.3 Å². The number of nitrogens with zero attached hydrogens (tertiary/aromatic N) is 1. The topological polar surface area (TPSA) is 91.9 Å². The fourth-order valence-corrected chi connectivity index (χ4v) is 3.19. The fraction of sp³-hybridized carbons (Fsp3) is 0.222. The lowest BCUT2D eigenvalue weighted by molar-refractivity contribution is 0.391. The van der Waals surface area contributed by atoms with E-state index in [0.29, 0.717) is 11.3 Å². The van der Waals surface area contributed by atoms with Crippen LogP contribution in [0.4, 0.5) is 0 Å². The number of rotatable bonds is 3. The third-order valence-electron chi connectivity index (χ3n) is 4.00. The Morgan fingerprint density at radius 2 is 2.08 bits per heavy atom. The summed E-state index contributed by atoms with van der Waals surface area (Å²) in [5, 5.41) is 9.51. The molecule has 1 aromatic carbocycles. The normalized spacial score (nSPS) is 16.3. The van der Waals surface area contributed by atoms with E-state index in [4.69, 9.17) is 10.5 Å². The van der Waals surface area contributed by atoms with E-state index < -0.39 is 5.92 Å². The van der Waals surface area contributed by atoms with E-state index in [9.17, 15) is 10.1 Å². The molecule has 0 bridgehead atoms. The van der Waals surface area contributed by atoms with Crippen molar-refractivity contribution < 1.29 is 4.74 Å². The largest absolute Gasteiger partial charge is 0.440 e. The van der Waals surface area contributed by atoms with Crippen LogP contribution in [0.1, 0.15) is 36.1 Å². The smallest absolute Gasteiger partial charge is 0.256 e. The number of nitrogens with one attached hydrogen (secondary N) is 1. The number of nitrogens with two attached hydrogens (primary N) is 1. The fourth-order valence-electron chi connectivity index (χ4n) is 2.93. The minimum Gasteiger partial charge on any atom is -0.440 e. The van der Waals surface area contributed by atoms with Crippen LogP contribution in [-0.2, 0) is 6.42 Å². The van der Waals surface area contributed by atoms with Gasteiger partial charge in [0.2, 0.25) is 5.88 Å². The van der Waals surface area contributed by atoms with Gasteiger partial charge >= 0.3 is 0 Å². The molecule has 0 saturated heterocycles. The molecular formula is C18H16BrN3O2. The van der Waals surface area contributed by atoms with Gasteiger partial charge in [0.25, 0.3) is 5.56 Å². The molecule has 1 aliphatic rings. The van der Waals surface area contributed by atoms with E-state index in [2.05, 4.69) is 27.0 Å². The van der Waals surface area contributed by atoms with Gasteiger partial charge in [0, 0.05) is 16.2 Å². The molecule has 3 N–H and O–H groups in total. The maximum absolute atomic E-state index is 12.7. The highest BCUT2D eigenvalue weighted by molar-refractivity contribution is 9.10. The highest BCUT2D eigenvalue weighted by atomic mass is 79.9. The van der Waals surface area contributed by atoms with E-state index in [1.54, 1.807) is 6.07 Å². The number of allylic oxidation sites excluding steroid dienone is 1. The first-order valence-electron chi connectivity index (χ1n) is 7.64. The molecule has 1 atom stereocenters. The Labute approximate surface area is 147 Å². The molecule has 2 heterocycles. The van der Waals surface area contributed by atoms with Crippen LogP contribution >= 0.6 is 15.9 Å². The molecule has 0 radical (unpaired) electrons. The van der Waals surface area contributed by atoms with Crippen molar-refractivity contribution in [2.45, 2.75) is 25.7 Å². The van der Waals surface area contributed by atoms with Crippen molar-refractivity contribution >= 4 is 15.9 Å². The molecule has 2 aromatic rings. The third kappa shape index (κ3) is 2.83. The number of halogens is 1. The van der Waals surface area contributed by atoms with Crippen LogP contribution < -0.4 is 16.0 Å². The van der Waals surface area contributed by atoms with Crippen molar-refractivity contribution in [2.24, 2.45) is 5.73 Å². The molecule has 1 unspecified atom stereocenters. The lowest BCUT2D eigenvalue weighted by atomic mass is 9.84. The maximum atomic E-state index is 12.7. The van der Waals surface area contributed by atoms with Crippen LogP contribution in [0.2, 0.25) is 0 Å². The Morgan fingerprint density at radius 3 is 2.71 bits per heavy atom. The summed E-state index contributed by atoms with van der Waals surface area (Å²) in [6.07, 6.45) is 1.64. The number of pyridine rings is 1. The van der Waals surface area contributed by atoms with Gasteiger partial charge < -0.3 is 15.5 Å². The lowest BCUT2D eigenvalue weighted by Crippen LogP contribution is -2.28. The van der Waals surface area contributed by atoms with Gasteiger partial charge in [-0.05, 0) is 24.1 Å².